The van der Waals surface area contributed by atoms with E-state index in [0.717, 1.165) is 31.5 Å². The summed E-state index contributed by atoms with van der Waals surface area (Å²) in [5.74, 6) is 0.274. The van der Waals surface area contributed by atoms with Gasteiger partial charge in [-0.15, -0.1) is 0 Å². The van der Waals surface area contributed by atoms with E-state index in [9.17, 15) is 9.50 Å². The molecule has 24 heavy (non-hydrogen) atoms. The molecule has 0 radical (unpaired) electrons. The molecule has 1 N–H and O–H groups in total. The van der Waals surface area contributed by atoms with Gasteiger partial charge in [0.15, 0.2) is 0 Å². The zero-order valence-corrected chi connectivity index (χ0v) is 13.5. The molecule has 1 aliphatic heterocycles. The molecular formula is C20H21FN2O. The monoisotopic (exact) mass is 324 g/mol. The summed E-state index contributed by atoms with van der Waals surface area (Å²) in [6, 6.07) is 16.0. The Balaban J connectivity index is 1.53. The largest absolute Gasteiger partial charge is 0.387 e. The SMILES string of the molecule is N#Cc1ccc(C(O)CN2CCC(c3ccc(F)cc3)CC2)cc1. The average Bonchev–Trinajstić information content (AvgIpc) is 2.63. The third-order valence-electron chi connectivity index (χ3n) is 4.78. The van der Waals surface area contributed by atoms with Gasteiger partial charge in [0.05, 0.1) is 17.7 Å². The van der Waals surface area contributed by atoms with Gasteiger partial charge in [-0.05, 0) is 67.2 Å². The summed E-state index contributed by atoms with van der Waals surface area (Å²) in [7, 11) is 0. The van der Waals surface area contributed by atoms with Gasteiger partial charge >= 0.3 is 0 Å². The van der Waals surface area contributed by atoms with Crippen LogP contribution in [0.15, 0.2) is 48.5 Å². The maximum Gasteiger partial charge on any atom is 0.123 e. The lowest BCUT2D eigenvalue weighted by molar-refractivity contribution is 0.0972. The molecule has 4 heteroatoms. The van der Waals surface area contributed by atoms with Crippen LogP contribution in [0.1, 0.15) is 41.6 Å². The molecule has 1 atom stereocenters. The highest BCUT2D eigenvalue weighted by atomic mass is 19.1. The van der Waals surface area contributed by atoms with Crippen LogP contribution in [-0.4, -0.2) is 29.6 Å². The second-order valence-corrected chi connectivity index (χ2v) is 6.38. The van der Waals surface area contributed by atoms with Crippen molar-refractivity contribution in [2.24, 2.45) is 0 Å². The first-order chi connectivity index (χ1) is 11.7. The predicted octanol–water partition coefficient (Wildman–Crippen LogP) is 3.61. The minimum atomic E-state index is -0.542. The number of aliphatic hydroxyl groups is 1. The fraction of sp³-hybridized carbons (Fsp3) is 0.350. The van der Waals surface area contributed by atoms with Gasteiger partial charge in [-0.2, -0.15) is 5.26 Å². The number of β-amino-alcohol motifs (C(OH)–C–C–N with tert-alkyl or cyclic N) is 1. The van der Waals surface area contributed by atoms with E-state index in [1.54, 1.807) is 12.1 Å². The van der Waals surface area contributed by atoms with Crippen LogP contribution < -0.4 is 0 Å². The molecular weight excluding hydrogens is 303 g/mol. The van der Waals surface area contributed by atoms with Crippen molar-refractivity contribution in [2.45, 2.75) is 24.9 Å². The van der Waals surface area contributed by atoms with Crippen molar-refractivity contribution in [2.75, 3.05) is 19.6 Å². The normalized spacial score (nSPS) is 17.4. The van der Waals surface area contributed by atoms with E-state index in [4.69, 9.17) is 5.26 Å². The van der Waals surface area contributed by atoms with Crippen molar-refractivity contribution < 1.29 is 9.50 Å². The Labute approximate surface area is 142 Å². The molecule has 0 aliphatic carbocycles. The molecule has 3 nitrogen and oxygen atoms in total. The molecule has 1 aliphatic rings. The van der Waals surface area contributed by atoms with Crippen molar-refractivity contribution in [3.63, 3.8) is 0 Å². The quantitative estimate of drug-likeness (QED) is 0.934. The van der Waals surface area contributed by atoms with E-state index < -0.39 is 6.10 Å². The summed E-state index contributed by atoms with van der Waals surface area (Å²) in [4.78, 5) is 2.27. The zero-order chi connectivity index (χ0) is 16.9. The average molecular weight is 324 g/mol. The van der Waals surface area contributed by atoms with Crippen LogP contribution >= 0.6 is 0 Å². The van der Waals surface area contributed by atoms with E-state index >= 15 is 0 Å². The predicted molar refractivity (Wildman–Crippen MR) is 90.9 cm³/mol. The van der Waals surface area contributed by atoms with E-state index in [2.05, 4.69) is 11.0 Å². The van der Waals surface area contributed by atoms with Crippen molar-refractivity contribution in [3.8, 4) is 6.07 Å². The number of hydrogen-bond acceptors (Lipinski definition) is 3. The molecule has 1 heterocycles. The fourth-order valence-electron chi connectivity index (χ4n) is 3.31. The van der Waals surface area contributed by atoms with E-state index in [1.165, 1.54) is 17.7 Å². The van der Waals surface area contributed by atoms with Crippen molar-refractivity contribution in [1.82, 2.24) is 4.90 Å². The summed E-state index contributed by atoms with van der Waals surface area (Å²) in [5, 5.41) is 19.2. The lowest BCUT2D eigenvalue weighted by Gasteiger charge is -2.33. The zero-order valence-electron chi connectivity index (χ0n) is 13.5. The maximum atomic E-state index is 13.0. The second-order valence-electron chi connectivity index (χ2n) is 6.38. The second kappa shape index (κ2) is 7.57. The summed E-state index contributed by atoms with van der Waals surface area (Å²) in [5.41, 5.74) is 2.64. The highest BCUT2D eigenvalue weighted by Crippen LogP contribution is 2.29. The van der Waals surface area contributed by atoms with Crippen molar-refractivity contribution in [3.05, 3.63) is 71.0 Å². The number of piperidine rings is 1. The van der Waals surface area contributed by atoms with Crippen LogP contribution in [0.3, 0.4) is 0 Å². The summed E-state index contributed by atoms with van der Waals surface area (Å²) < 4.78 is 13.0. The molecule has 2 aromatic rings. The van der Waals surface area contributed by atoms with Crippen molar-refractivity contribution >= 4 is 0 Å². The molecule has 2 aromatic carbocycles. The van der Waals surface area contributed by atoms with Crippen LogP contribution in [-0.2, 0) is 0 Å². The number of halogens is 1. The molecule has 124 valence electrons. The molecule has 3 rings (SSSR count). The topological polar surface area (TPSA) is 47.3 Å². The van der Waals surface area contributed by atoms with Gasteiger partial charge in [-0.25, -0.2) is 4.39 Å². The Bertz CT molecular complexity index is 698. The summed E-state index contributed by atoms with van der Waals surface area (Å²) in [6.45, 7) is 2.45. The molecule has 0 bridgehead atoms. The third kappa shape index (κ3) is 4.00. The van der Waals surface area contributed by atoms with Crippen LogP contribution in [0.4, 0.5) is 4.39 Å². The maximum absolute atomic E-state index is 13.0. The minimum Gasteiger partial charge on any atom is -0.387 e. The first kappa shape index (κ1) is 16.6. The number of rotatable bonds is 4. The number of likely N-dealkylation sites (tertiary alicyclic amines) is 1. The summed E-state index contributed by atoms with van der Waals surface area (Å²) in [6.07, 6.45) is 1.50. The number of nitriles is 1. The Morgan fingerprint density at radius 1 is 1.08 bits per heavy atom. The van der Waals surface area contributed by atoms with Gasteiger partial charge < -0.3 is 10.0 Å². The lowest BCUT2D eigenvalue weighted by Crippen LogP contribution is -2.36. The van der Waals surface area contributed by atoms with Gasteiger partial charge in [0, 0.05) is 6.54 Å². The first-order valence-electron chi connectivity index (χ1n) is 8.31. The Morgan fingerprint density at radius 3 is 2.29 bits per heavy atom. The van der Waals surface area contributed by atoms with Gasteiger partial charge in [0.25, 0.3) is 0 Å². The molecule has 1 saturated heterocycles. The Kier molecular flexibility index (Phi) is 5.24. The van der Waals surface area contributed by atoms with Crippen LogP contribution in [0.2, 0.25) is 0 Å². The number of aliphatic hydroxyl groups excluding tert-OH is 1. The van der Waals surface area contributed by atoms with Crippen LogP contribution in [0, 0.1) is 17.1 Å². The first-order valence-corrected chi connectivity index (χ1v) is 8.31. The van der Waals surface area contributed by atoms with Gasteiger partial charge in [0.1, 0.15) is 5.82 Å². The Morgan fingerprint density at radius 2 is 1.71 bits per heavy atom. The third-order valence-corrected chi connectivity index (χ3v) is 4.78. The number of benzene rings is 2. The van der Waals surface area contributed by atoms with E-state index in [1.807, 2.05) is 24.3 Å². The van der Waals surface area contributed by atoms with E-state index in [-0.39, 0.29) is 5.82 Å². The lowest BCUT2D eigenvalue weighted by atomic mass is 9.89. The molecule has 0 saturated carbocycles. The fourth-order valence-corrected chi connectivity index (χ4v) is 3.31. The molecule has 1 fully saturated rings. The van der Waals surface area contributed by atoms with Crippen molar-refractivity contribution in [1.29, 1.82) is 5.26 Å². The number of nitrogens with zero attached hydrogens (tertiary/aromatic N) is 2. The molecule has 0 spiro atoms. The van der Waals surface area contributed by atoms with Gasteiger partial charge in [0.2, 0.25) is 0 Å². The Hall–Kier alpha value is -2.22. The highest BCUT2D eigenvalue weighted by molar-refractivity contribution is 5.32. The van der Waals surface area contributed by atoms with Gasteiger partial charge in [-0.3, -0.25) is 0 Å². The van der Waals surface area contributed by atoms with Gasteiger partial charge in [-0.1, -0.05) is 24.3 Å². The van der Waals surface area contributed by atoms with E-state index in [0.29, 0.717) is 18.0 Å². The molecule has 0 amide bonds. The standard InChI is InChI=1S/C20H21FN2O/c21-19-7-5-16(6-8-19)17-9-11-23(12-10-17)14-20(24)18-3-1-15(13-22)2-4-18/h1-8,17,20,24H,9-12,14H2. The molecule has 0 aromatic heterocycles. The molecule has 1 unspecified atom stereocenters. The van der Waals surface area contributed by atoms with Crippen LogP contribution in [0.25, 0.3) is 0 Å². The highest BCUT2D eigenvalue weighted by Gasteiger charge is 2.22. The minimum absolute atomic E-state index is 0.193. The van der Waals surface area contributed by atoms with Crippen LogP contribution in [0.5, 0.6) is 0 Å². The smallest absolute Gasteiger partial charge is 0.123 e. The summed E-state index contributed by atoms with van der Waals surface area (Å²) >= 11 is 0. The number of hydrogen-bond donors (Lipinski definition) is 1.